The second-order valence-electron chi connectivity index (χ2n) is 3.91. The molecule has 0 spiro atoms. The topological polar surface area (TPSA) is 102 Å². The van der Waals surface area contributed by atoms with Crippen LogP contribution >= 0.6 is 0 Å². The average Bonchev–Trinajstić information content (AvgIpc) is 2.46. The van der Waals surface area contributed by atoms with E-state index in [4.69, 9.17) is 0 Å². The number of nitro groups is 1. The molecule has 0 unspecified atom stereocenters. The van der Waals surface area contributed by atoms with Crippen LogP contribution in [0, 0.1) is 10.1 Å². The van der Waals surface area contributed by atoms with Gasteiger partial charge >= 0.3 is 5.97 Å². The molecule has 0 saturated heterocycles. The van der Waals surface area contributed by atoms with Gasteiger partial charge in [-0.3, -0.25) is 14.9 Å². The third kappa shape index (κ3) is 2.56. The van der Waals surface area contributed by atoms with Crippen molar-refractivity contribution in [3.8, 4) is 11.3 Å². The number of nitro benzene ring substituents is 1. The summed E-state index contributed by atoms with van der Waals surface area (Å²) < 4.78 is 4.63. The fraction of sp³-hybridized carbons (Fsp3) is 0.0769. The van der Waals surface area contributed by atoms with Crippen molar-refractivity contribution in [3.63, 3.8) is 0 Å². The van der Waals surface area contributed by atoms with Crippen molar-refractivity contribution >= 4 is 11.7 Å². The largest absolute Gasteiger partial charge is 0.465 e. The van der Waals surface area contributed by atoms with Crippen LogP contribution < -0.4 is 5.56 Å². The van der Waals surface area contributed by atoms with Gasteiger partial charge in [0.2, 0.25) is 5.56 Å². The number of hydrogen-bond donors (Lipinski definition) is 1. The van der Waals surface area contributed by atoms with Gasteiger partial charge in [-0.05, 0) is 23.8 Å². The first kappa shape index (κ1) is 13.5. The van der Waals surface area contributed by atoms with Gasteiger partial charge in [0.05, 0.1) is 23.3 Å². The minimum Gasteiger partial charge on any atom is -0.465 e. The van der Waals surface area contributed by atoms with E-state index in [1.807, 2.05) is 0 Å². The molecule has 0 aliphatic heterocycles. The molecule has 0 saturated carbocycles. The van der Waals surface area contributed by atoms with Gasteiger partial charge < -0.3 is 9.72 Å². The average molecular weight is 274 g/mol. The van der Waals surface area contributed by atoms with Gasteiger partial charge in [0, 0.05) is 18.2 Å². The number of nitrogens with one attached hydrogen (secondary N) is 1. The minimum atomic E-state index is -0.602. The molecule has 102 valence electrons. The number of pyridine rings is 1. The number of non-ortho nitro benzene ring substituents is 1. The molecule has 1 aromatic carbocycles. The van der Waals surface area contributed by atoms with Crippen LogP contribution in [0.4, 0.5) is 5.69 Å². The second kappa shape index (κ2) is 5.35. The zero-order valence-electron chi connectivity index (χ0n) is 10.5. The lowest BCUT2D eigenvalue weighted by Crippen LogP contribution is -2.12. The summed E-state index contributed by atoms with van der Waals surface area (Å²) in [5.41, 5.74) is 0.464. The van der Waals surface area contributed by atoms with E-state index in [0.29, 0.717) is 5.56 Å². The number of methoxy groups -OCH3 is 1. The minimum absolute atomic E-state index is 0.0772. The number of aromatic nitrogens is 1. The van der Waals surface area contributed by atoms with E-state index in [1.165, 1.54) is 43.5 Å². The van der Waals surface area contributed by atoms with Crippen LogP contribution in [0.5, 0.6) is 0 Å². The van der Waals surface area contributed by atoms with Crippen LogP contribution in [0.1, 0.15) is 10.4 Å². The number of H-pyrrole nitrogens is 1. The number of hydrogen-bond acceptors (Lipinski definition) is 5. The Hall–Kier alpha value is -2.96. The smallest absolute Gasteiger partial charge is 0.340 e. The van der Waals surface area contributed by atoms with Gasteiger partial charge in [-0.25, -0.2) is 4.79 Å². The van der Waals surface area contributed by atoms with Crippen molar-refractivity contribution in [2.75, 3.05) is 7.11 Å². The fourth-order valence-electron chi connectivity index (χ4n) is 1.73. The Morgan fingerprint density at radius 3 is 2.40 bits per heavy atom. The van der Waals surface area contributed by atoms with Crippen molar-refractivity contribution in [2.24, 2.45) is 0 Å². The fourth-order valence-corrected chi connectivity index (χ4v) is 1.73. The van der Waals surface area contributed by atoms with E-state index < -0.39 is 10.9 Å². The third-order valence-corrected chi connectivity index (χ3v) is 2.69. The second-order valence-corrected chi connectivity index (χ2v) is 3.91. The summed E-state index contributed by atoms with van der Waals surface area (Å²) in [6.07, 6.45) is 0. The molecular weight excluding hydrogens is 264 g/mol. The summed E-state index contributed by atoms with van der Waals surface area (Å²) in [6, 6.07) is 8.05. The first-order valence-electron chi connectivity index (χ1n) is 5.59. The molecule has 1 heterocycles. The molecule has 1 aromatic heterocycles. The Morgan fingerprint density at radius 1 is 1.20 bits per heavy atom. The lowest BCUT2D eigenvalue weighted by Gasteiger charge is -2.07. The Balaban J connectivity index is 2.56. The summed E-state index contributed by atoms with van der Waals surface area (Å²) in [4.78, 5) is 35.6. The number of carbonyl (C=O) groups is 1. The van der Waals surface area contributed by atoms with Crippen LogP contribution in [-0.2, 0) is 4.74 Å². The van der Waals surface area contributed by atoms with Gasteiger partial charge in [0.15, 0.2) is 0 Å². The molecule has 0 aliphatic carbocycles. The van der Waals surface area contributed by atoms with E-state index in [-0.39, 0.29) is 22.5 Å². The van der Waals surface area contributed by atoms with E-state index >= 15 is 0 Å². The molecule has 0 atom stereocenters. The predicted molar refractivity (Wildman–Crippen MR) is 70.5 cm³/mol. The van der Waals surface area contributed by atoms with Crippen molar-refractivity contribution in [3.05, 3.63) is 62.4 Å². The zero-order valence-corrected chi connectivity index (χ0v) is 10.5. The van der Waals surface area contributed by atoms with Crippen molar-refractivity contribution in [1.82, 2.24) is 4.98 Å². The Morgan fingerprint density at radius 2 is 1.85 bits per heavy atom. The van der Waals surface area contributed by atoms with Gasteiger partial charge in [-0.1, -0.05) is 0 Å². The summed E-state index contributed by atoms with van der Waals surface area (Å²) in [6.45, 7) is 0. The number of ether oxygens (including phenoxy) is 1. The van der Waals surface area contributed by atoms with Gasteiger partial charge in [-0.2, -0.15) is 0 Å². The number of aromatic amines is 1. The number of carbonyl (C=O) groups excluding carboxylic acids is 1. The SMILES string of the molecule is COC(=O)c1ccc(=O)[nH]c1-c1ccc([N+](=O)[O-])cc1. The highest BCUT2D eigenvalue weighted by molar-refractivity contribution is 5.96. The number of benzene rings is 1. The Kier molecular flexibility index (Phi) is 3.60. The lowest BCUT2D eigenvalue weighted by atomic mass is 10.1. The van der Waals surface area contributed by atoms with Crippen LogP contribution in [0.3, 0.4) is 0 Å². The molecule has 1 N–H and O–H groups in total. The number of nitrogens with zero attached hydrogens (tertiary/aromatic N) is 1. The molecule has 20 heavy (non-hydrogen) atoms. The van der Waals surface area contributed by atoms with Crippen LogP contribution in [0.25, 0.3) is 11.3 Å². The summed E-state index contributed by atoms with van der Waals surface area (Å²) in [5, 5.41) is 10.6. The molecular formula is C13H10N2O5. The summed E-state index contributed by atoms with van der Waals surface area (Å²) >= 11 is 0. The summed E-state index contributed by atoms with van der Waals surface area (Å²) in [7, 11) is 1.23. The number of rotatable bonds is 3. The maximum atomic E-state index is 11.6. The predicted octanol–water partition coefficient (Wildman–Crippen LogP) is 1.74. The van der Waals surface area contributed by atoms with Gasteiger partial charge in [0.1, 0.15) is 0 Å². The molecule has 2 rings (SSSR count). The van der Waals surface area contributed by atoms with Crippen molar-refractivity contribution < 1.29 is 14.5 Å². The van der Waals surface area contributed by atoms with Gasteiger partial charge in [0.25, 0.3) is 5.69 Å². The molecule has 0 aliphatic rings. The Labute approximate surface area is 113 Å². The highest BCUT2D eigenvalue weighted by Gasteiger charge is 2.15. The first-order valence-corrected chi connectivity index (χ1v) is 5.59. The zero-order chi connectivity index (χ0) is 14.7. The molecule has 2 aromatic rings. The van der Waals surface area contributed by atoms with Crippen molar-refractivity contribution in [2.45, 2.75) is 0 Å². The monoisotopic (exact) mass is 274 g/mol. The maximum Gasteiger partial charge on any atom is 0.340 e. The highest BCUT2D eigenvalue weighted by Crippen LogP contribution is 2.23. The van der Waals surface area contributed by atoms with E-state index in [1.54, 1.807) is 0 Å². The maximum absolute atomic E-state index is 11.6. The molecule has 7 heteroatoms. The van der Waals surface area contributed by atoms with Crippen LogP contribution in [-0.4, -0.2) is 23.0 Å². The normalized spacial score (nSPS) is 10.1. The van der Waals surface area contributed by atoms with Crippen molar-refractivity contribution in [1.29, 1.82) is 0 Å². The van der Waals surface area contributed by atoms with E-state index in [0.717, 1.165) is 0 Å². The molecule has 0 amide bonds. The standard InChI is InChI=1S/C13H10N2O5/c1-20-13(17)10-6-7-11(16)14-12(10)8-2-4-9(5-3-8)15(18)19/h2-7H,1H3,(H,14,16). The van der Waals surface area contributed by atoms with E-state index in [2.05, 4.69) is 9.72 Å². The highest BCUT2D eigenvalue weighted by atomic mass is 16.6. The molecule has 0 fully saturated rings. The van der Waals surface area contributed by atoms with Crippen LogP contribution in [0.15, 0.2) is 41.2 Å². The third-order valence-electron chi connectivity index (χ3n) is 2.69. The number of esters is 1. The molecule has 0 bridgehead atoms. The van der Waals surface area contributed by atoms with E-state index in [9.17, 15) is 19.7 Å². The molecule has 7 nitrogen and oxygen atoms in total. The van der Waals surface area contributed by atoms with Crippen LogP contribution in [0.2, 0.25) is 0 Å². The Bertz CT molecular complexity index is 718. The summed E-state index contributed by atoms with van der Waals surface area (Å²) in [5.74, 6) is -0.602. The first-order chi connectivity index (χ1) is 9.52. The lowest BCUT2D eigenvalue weighted by molar-refractivity contribution is -0.384. The quantitative estimate of drug-likeness (QED) is 0.521. The molecule has 0 radical (unpaired) electrons. The van der Waals surface area contributed by atoms with Gasteiger partial charge in [-0.15, -0.1) is 0 Å².